The lowest BCUT2D eigenvalue weighted by Crippen LogP contribution is -2.09. The van der Waals surface area contributed by atoms with Gasteiger partial charge in [-0.15, -0.1) is 0 Å². The van der Waals surface area contributed by atoms with E-state index in [1.54, 1.807) is 30.3 Å². The summed E-state index contributed by atoms with van der Waals surface area (Å²) in [7, 11) is 0. The molecule has 9 heteroatoms. The highest BCUT2D eigenvalue weighted by atomic mass is 19.4. The third-order valence-electron chi connectivity index (χ3n) is 5.35. The minimum atomic E-state index is -4.57. The Labute approximate surface area is 206 Å². The molecule has 4 rings (SSSR count). The van der Waals surface area contributed by atoms with Crippen LogP contribution in [0.1, 0.15) is 42.4 Å². The molecule has 0 saturated heterocycles. The Morgan fingerprint density at radius 2 is 1.81 bits per heavy atom. The Morgan fingerprint density at radius 3 is 2.47 bits per heavy atom. The van der Waals surface area contributed by atoms with Crippen LogP contribution in [0, 0.1) is 5.92 Å². The topological polar surface area (TPSA) is 77.0 Å². The fraction of sp³-hybridized carbons (Fsp3) is 0.259. The van der Waals surface area contributed by atoms with Gasteiger partial charge in [-0.25, -0.2) is 9.97 Å². The molecule has 0 fully saturated rings. The summed E-state index contributed by atoms with van der Waals surface area (Å²) in [6.07, 6.45) is -3.27. The smallest absolute Gasteiger partial charge is 0.375 e. The van der Waals surface area contributed by atoms with Gasteiger partial charge in [-0.3, -0.25) is 9.78 Å². The lowest BCUT2D eigenvalue weighted by atomic mass is 10.1. The Hall–Kier alpha value is -3.85. The number of fused-ring (bicyclic) bond motifs is 1. The first-order valence-corrected chi connectivity index (χ1v) is 11.4. The van der Waals surface area contributed by atoms with Gasteiger partial charge in [0.15, 0.2) is 11.4 Å². The van der Waals surface area contributed by atoms with Crippen molar-refractivity contribution in [3.8, 4) is 11.4 Å². The molecular formula is C27H25F3N4O2. The highest BCUT2D eigenvalue weighted by Gasteiger charge is 2.34. The van der Waals surface area contributed by atoms with Crippen molar-refractivity contribution >= 4 is 28.2 Å². The molecular weight excluding hydrogens is 469 g/mol. The van der Waals surface area contributed by atoms with E-state index < -0.39 is 11.7 Å². The summed E-state index contributed by atoms with van der Waals surface area (Å²) in [5.41, 5.74) is 1.77. The zero-order valence-electron chi connectivity index (χ0n) is 20.1. The van der Waals surface area contributed by atoms with Crippen molar-refractivity contribution in [3.63, 3.8) is 0 Å². The third-order valence-corrected chi connectivity index (χ3v) is 5.35. The zero-order valence-corrected chi connectivity index (χ0v) is 20.1. The number of hydrogen-bond acceptors (Lipinski definition) is 6. The number of aromatic nitrogens is 3. The molecule has 186 valence electrons. The third kappa shape index (κ3) is 5.85. The average molecular weight is 495 g/mol. The summed E-state index contributed by atoms with van der Waals surface area (Å²) in [5, 5.41) is 3.92. The van der Waals surface area contributed by atoms with E-state index in [9.17, 15) is 18.0 Å². The number of rotatable bonds is 8. The van der Waals surface area contributed by atoms with Crippen molar-refractivity contribution in [3.05, 3.63) is 77.6 Å². The highest BCUT2D eigenvalue weighted by molar-refractivity contribution is 5.95. The van der Waals surface area contributed by atoms with Crippen LogP contribution in [-0.2, 0) is 17.5 Å². The maximum atomic E-state index is 13.6. The summed E-state index contributed by atoms with van der Waals surface area (Å²) < 4.78 is 46.5. The van der Waals surface area contributed by atoms with Crippen LogP contribution in [-0.4, -0.2) is 27.3 Å². The van der Waals surface area contributed by atoms with Crippen molar-refractivity contribution in [1.29, 1.82) is 0 Å². The Kier molecular flexibility index (Phi) is 7.30. The van der Waals surface area contributed by atoms with E-state index in [0.29, 0.717) is 34.9 Å². The molecule has 0 aliphatic heterocycles. The molecule has 36 heavy (non-hydrogen) atoms. The van der Waals surface area contributed by atoms with Crippen LogP contribution in [0.4, 0.5) is 24.5 Å². The van der Waals surface area contributed by atoms with E-state index >= 15 is 0 Å². The van der Waals surface area contributed by atoms with Crippen LogP contribution in [0.25, 0.3) is 22.4 Å². The van der Waals surface area contributed by atoms with E-state index in [1.165, 1.54) is 25.3 Å². The van der Waals surface area contributed by atoms with E-state index in [-0.39, 0.29) is 29.4 Å². The number of ketones is 1. The molecule has 0 aliphatic carbocycles. The van der Waals surface area contributed by atoms with Crippen LogP contribution >= 0.6 is 0 Å². The molecule has 0 atom stereocenters. The standard InChI is InChI=1S/C27H25F3N4O2/c1-16(2)14-36-15-20-13-24(32-19-8-6-18(7-9-19)17(3)35)21-10-11-23(34-26(21)33-20)25-22(27(28,29)30)5-4-12-31-25/h4-13,16H,14-15H2,1-3H3,(H,32,33,34). The number of carbonyl (C=O) groups excluding carboxylic acids is 1. The molecule has 1 aromatic carbocycles. The van der Waals surface area contributed by atoms with Crippen LogP contribution in [0.15, 0.2) is 60.8 Å². The average Bonchev–Trinajstić information content (AvgIpc) is 2.83. The van der Waals surface area contributed by atoms with Crippen LogP contribution in [0.3, 0.4) is 0 Å². The van der Waals surface area contributed by atoms with Gasteiger partial charge in [0.1, 0.15) is 5.69 Å². The summed E-state index contributed by atoms with van der Waals surface area (Å²) in [6.45, 7) is 6.31. The van der Waals surface area contributed by atoms with Gasteiger partial charge in [0.05, 0.1) is 29.2 Å². The number of halogens is 3. The molecule has 0 bridgehead atoms. The number of nitrogens with zero attached hydrogens (tertiary/aromatic N) is 3. The minimum Gasteiger partial charge on any atom is -0.375 e. The number of nitrogens with one attached hydrogen (secondary N) is 1. The molecule has 0 spiro atoms. The van der Waals surface area contributed by atoms with Crippen LogP contribution in [0.2, 0.25) is 0 Å². The SMILES string of the molecule is CC(=O)c1ccc(Nc2cc(COCC(C)C)nc3nc(-c4ncccc4C(F)(F)F)ccc23)cc1. The molecule has 0 amide bonds. The number of pyridine rings is 3. The van der Waals surface area contributed by atoms with Crippen LogP contribution < -0.4 is 5.32 Å². The van der Waals surface area contributed by atoms with Crippen molar-refractivity contribution in [2.75, 3.05) is 11.9 Å². The second-order valence-electron chi connectivity index (χ2n) is 8.79. The summed E-state index contributed by atoms with van der Waals surface area (Å²) >= 11 is 0. The summed E-state index contributed by atoms with van der Waals surface area (Å²) in [5.74, 6) is 0.294. The number of alkyl halides is 3. The second-order valence-corrected chi connectivity index (χ2v) is 8.79. The van der Waals surface area contributed by atoms with E-state index in [2.05, 4.69) is 20.3 Å². The molecule has 0 saturated carbocycles. The maximum absolute atomic E-state index is 13.6. The molecule has 0 aliphatic rings. The highest BCUT2D eigenvalue weighted by Crippen LogP contribution is 2.36. The van der Waals surface area contributed by atoms with Gasteiger partial charge in [0.25, 0.3) is 0 Å². The van der Waals surface area contributed by atoms with E-state index in [0.717, 1.165) is 11.8 Å². The predicted molar refractivity (Wildman–Crippen MR) is 132 cm³/mol. The molecule has 0 unspecified atom stereocenters. The molecule has 0 radical (unpaired) electrons. The van der Waals surface area contributed by atoms with Gasteiger partial charge in [-0.05, 0) is 67.4 Å². The molecule has 1 N–H and O–H groups in total. The number of hydrogen-bond donors (Lipinski definition) is 1. The summed E-state index contributed by atoms with van der Waals surface area (Å²) in [6, 6.07) is 14.2. The van der Waals surface area contributed by atoms with Crippen molar-refractivity contribution in [2.45, 2.75) is 33.6 Å². The first kappa shape index (κ1) is 25.2. The molecule has 6 nitrogen and oxygen atoms in total. The second kappa shape index (κ2) is 10.4. The fourth-order valence-corrected chi connectivity index (χ4v) is 3.65. The summed E-state index contributed by atoms with van der Waals surface area (Å²) in [4.78, 5) is 24.5. The van der Waals surface area contributed by atoms with Gasteiger partial charge in [-0.2, -0.15) is 13.2 Å². The number of carbonyl (C=O) groups is 1. The predicted octanol–water partition coefficient (Wildman–Crippen LogP) is 6.83. The van der Waals surface area contributed by atoms with Crippen molar-refractivity contribution in [2.24, 2.45) is 5.92 Å². The molecule has 3 aromatic heterocycles. The number of benzene rings is 1. The Bertz CT molecular complexity index is 1390. The zero-order chi connectivity index (χ0) is 25.9. The molecule has 4 aromatic rings. The van der Waals surface area contributed by atoms with E-state index in [4.69, 9.17) is 4.74 Å². The monoisotopic (exact) mass is 494 g/mol. The largest absolute Gasteiger partial charge is 0.418 e. The van der Waals surface area contributed by atoms with Crippen molar-refractivity contribution < 1.29 is 22.7 Å². The first-order chi connectivity index (χ1) is 17.1. The lowest BCUT2D eigenvalue weighted by Gasteiger charge is -2.15. The fourth-order valence-electron chi connectivity index (χ4n) is 3.65. The Morgan fingerprint density at radius 1 is 1.06 bits per heavy atom. The van der Waals surface area contributed by atoms with Gasteiger partial charge in [0, 0.05) is 29.4 Å². The number of ether oxygens (including phenoxy) is 1. The molecule has 3 heterocycles. The minimum absolute atomic E-state index is 0.0371. The van der Waals surface area contributed by atoms with Gasteiger partial charge < -0.3 is 10.1 Å². The maximum Gasteiger partial charge on any atom is 0.418 e. The normalized spacial score (nSPS) is 11.8. The van der Waals surface area contributed by atoms with Crippen molar-refractivity contribution in [1.82, 2.24) is 15.0 Å². The van der Waals surface area contributed by atoms with Gasteiger partial charge in [0.2, 0.25) is 0 Å². The number of anilines is 2. The first-order valence-electron chi connectivity index (χ1n) is 11.4. The van der Waals surface area contributed by atoms with Gasteiger partial charge >= 0.3 is 6.18 Å². The quantitative estimate of drug-likeness (QED) is 0.271. The van der Waals surface area contributed by atoms with Gasteiger partial charge in [-0.1, -0.05) is 13.8 Å². The van der Waals surface area contributed by atoms with Crippen LogP contribution in [0.5, 0.6) is 0 Å². The lowest BCUT2D eigenvalue weighted by molar-refractivity contribution is -0.137. The van der Waals surface area contributed by atoms with E-state index in [1.807, 2.05) is 19.9 Å². The Balaban J connectivity index is 1.78. The number of Topliss-reactive ketones (excluding diaryl/α,β-unsaturated/α-hetero) is 1.